The van der Waals surface area contributed by atoms with E-state index in [1.54, 1.807) is 11.1 Å². The van der Waals surface area contributed by atoms with Gasteiger partial charge in [-0.25, -0.2) is 19.0 Å². The number of aromatic nitrogens is 1. The van der Waals surface area contributed by atoms with E-state index in [0.717, 1.165) is 24.1 Å². The number of carbonyl (C=O) groups excluding carboxylic acids is 3. The van der Waals surface area contributed by atoms with Gasteiger partial charge in [0, 0.05) is 85.7 Å². The summed E-state index contributed by atoms with van der Waals surface area (Å²) in [7, 11) is 1.30. The van der Waals surface area contributed by atoms with Crippen molar-refractivity contribution in [1.29, 1.82) is 0 Å². The number of thiazole rings is 1. The molecule has 280 valence electrons. The van der Waals surface area contributed by atoms with Crippen LogP contribution in [0, 0.1) is 5.82 Å². The van der Waals surface area contributed by atoms with Gasteiger partial charge in [0.05, 0.1) is 18.7 Å². The summed E-state index contributed by atoms with van der Waals surface area (Å²) in [5.41, 5.74) is 3.05. The molecule has 6 rings (SSSR count). The summed E-state index contributed by atoms with van der Waals surface area (Å²) in [6, 6.07) is 10.7. The fraction of sp³-hybridized carbons (Fsp3) is 0.405. The molecule has 3 aliphatic rings. The molecule has 2 aromatic carbocycles. The number of piperazine rings is 1. The molecule has 4 heterocycles. The molecule has 0 bridgehead atoms. The van der Waals surface area contributed by atoms with Crippen LogP contribution in [0.3, 0.4) is 0 Å². The van der Waals surface area contributed by atoms with Crippen LogP contribution in [0.2, 0.25) is 5.02 Å². The Bertz CT molecular complexity index is 1890. The lowest BCUT2D eigenvalue weighted by molar-refractivity contribution is -0.137. The highest BCUT2D eigenvalue weighted by atomic mass is 35.5. The Labute approximate surface area is 315 Å². The summed E-state index contributed by atoms with van der Waals surface area (Å²) in [5.74, 6) is -1.49. The Hall–Kier alpha value is -4.86. The number of anilines is 1. The number of nitrogens with zero attached hydrogens (tertiary/aromatic N) is 5. The number of aliphatic carboxylic acids is 1. The van der Waals surface area contributed by atoms with Crippen LogP contribution in [0.4, 0.5) is 14.9 Å². The largest absolute Gasteiger partial charge is 0.481 e. The smallest absolute Gasteiger partial charge is 0.338 e. The van der Waals surface area contributed by atoms with Gasteiger partial charge in [-0.2, -0.15) is 0 Å². The molecule has 2 atom stereocenters. The molecular formula is C37H41ClFN7O6S. The van der Waals surface area contributed by atoms with E-state index >= 15 is 0 Å². The minimum Gasteiger partial charge on any atom is -0.481 e. The highest BCUT2D eigenvalue weighted by Crippen LogP contribution is 2.37. The number of rotatable bonds is 15. The lowest BCUT2D eigenvalue weighted by Gasteiger charge is -2.38. The molecule has 16 heteroatoms. The number of carbonyl (C=O) groups is 4. The molecule has 0 unspecified atom stereocenters. The number of methoxy groups -OCH3 is 1. The van der Waals surface area contributed by atoms with Crippen LogP contribution in [-0.4, -0.2) is 102 Å². The Kier molecular flexibility index (Phi) is 12.4. The van der Waals surface area contributed by atoms with Crippen LogP contribution < -0.4 is 15.5 Å². The number of carboxylic acid groups (broad SMARTS) is 1. The minimum absolute atomic E-state index is 0.0529. The molecule has 3 N–H and O–H groups in total. The zero-order valence-electron chi connectivity index (χ0n) is 29.2. The maximum absolute atomic E-state index is 14.0. The number of benzene rings is 2. The van der Waals surface area contributed by atoms with Gasteiger partial charge in [0.25, 0.3) is 0 Å². The van der Waals surface area contributed by atoms with Crippen LogP contribution in [-0.2, 0) is 25.5 Å². The summed E-state index contributed by atoms with van der Waals surface area (Å²) in [6.45, 7) is 2.95. The molecule has 0 radical (unpaired) electrons. The van der Waals surface area contributed by atoms with Crippen molar-refractivity contribution >= 4 is 58.3 Å². The molecule has 0 aliphatic carbocycles. The van der Waals surface area contributed by atoms with Gasteiger partial charge < -0.3 is 25.4 Å². The molecule has 3 amide bonds. The van der Waals surface area contributed by atoms with E-state index in [0.29, 0.717) is 80.6 Å². The predicted octanol–water partition coefficient (Wildman–Crippen LogP) is 4.77. The number of carboxylic acids is 1. The number of urea groups is 1. The maximum Gasteiger partial charge on any atom is 0.338 e. The Morgan fingerprint density at radius 3 is 2.62 bits per heavy atom. The van der Waals surface area contributed by atoms with Gasteiger partial charge in [0.2, 0.25) is 5.91 Å². The molecule has 1 aromatic heterocycles. The number of aliphatic imine (C=N–C) groups is 1. The van der Waals surface area contributed by atoms with Crippen molar-refractivity contribution in [3.8, 4) is 0 Å². The number of amides is 3. The maximum atomic E-state index is 14.0. The molecule has 13 nitrogen and oxygen atoms in total. The summed E-state index contributed by atoms with van der Waals surface area (Å²) >= 11 is 7.89. The third kappa shape index (κ3) is 9.21. The van der Waals surface area contributed by atoms with Crippen molar-refractivity contribution in [2.75, 3.05) is 51.3 Å². The monoisotopic (exact) mass is 765 g/mol. The van der Waals surface area contributed by atoms with E-state index in [2.05, 4.69) is 20.5 Å². The van der Waals surface area contributed by atoms with Crippen molar-refractivity contribution < 1.29 is 33.4 Å². The second-order valence-electron chi connectivity index (χ2n) is 13.1. The molecule has 0 spiro atoms. The third-order valence-corrected chi connectivity index (χ3v) is 10.6. The topological polar surface area (TPSA) is 157 Å². The average molecular weight is 766 g/mol. The van der Waals surface area contributed by atoms with Crippen LogP contribution in [0.15, 0.2) is 70.3 Å². The zero-order chi connectivity index (χ0) is 37.5. The van der Waals surface area contributed by atoms with E-state index in [1.165, 1.54) is 36.6 Å². The SMILES string of the molecule is COC(=O)C1=C(CN2CCN3C(=O)N(c4ccc(CCC(=O)NCCCCCC(=O)O)cc4)C[C@@H]3C2)NC(c2nccs2)=N[C@H]1c1ccc(F)cc1Cl. The standard InChI is InChI=1S/C37H41ClFN7O6S/c1-52-36(50)32-29(42-34(35-41-15-18-53-35)43-33(32)27-12-9-24(39)19-28(27)38)22-44-16-17-45-26(20-44)21-46(37(45)51)25-10-6-23(7-11-25)8-13-30(47)40-14-4-2-3-5-31(48)49/h6-7,9-12,15,18-19,26,33H,2-5,8,13-14,16-17,20-22H2,1H3,(H,40,47)(H,42,43)(H,48,49)/t26-,33-/m0/s1. The van der Waals surface area contributed by atoms with Gasteiger partial charge >= 0.3 is 18.0 Å². The highest BCUT2D eigenvalue weighted by molar-refractivity contribution is 7.11. The predicted molar refractivity (Wildman–Crippen MR) is 199 cm³/mol. The lowest BCUT2D eigenvalue weighted by Crippen LogP contribution is -2.53. The number of hydrogen-bond acceptors (Lipinski definition) is 10. The molecule has 2 saturated heterocycles. The number of hydrogen-bond donors (Lipinski definition) is 3. The first-order valence-electron chi connectivity index (χ1n) is 17.5. The molecule has 0 saturated carbocycles. The summed E-state index contributed by atoms with van der Waals surface area (Å²) in [4.78, 5) is 64.9. The molecule has 3 aromatic rings. The average Bonchev–Trinajstić information content (AvgIpc) is 3.80. The Morgan fingerprint density at radius 2 is 1.91 bits per heavy atom. The van der Waals surface area contributed by atoms with Crippen molar-refractivity contribution in [3.05, 3.63) is 92.3 Å². The number of nitrogens with one attached hydrogen (secondary N) is 2. The quantitative estimate of drug-likeness (QED) is 0.147. The number of fused-ring (bicyclic) bond motifs is 1. The summed E-state index contributed by atoms with van der Waals surface area (Å²) < 4.78 is 19.3. The first-order valence-corrected chi connectivity index (χ1v) is 18.8. The Balaban J connectivity index is 1.09. The van der Waals surface area contributed by atoms with E-state index < -0.39 is 23.8 Å². The van der Waals surface area contributed by atoms with Gasteiger partial charge in [-0.3, -0.25) is 24.4 Å². The van der Waals surface area contributed by atoms with Crippen LogP contribution >= 0.6 is 22.9 Å². The lowest BCUT2D eigenvalue weighted by atomic mass is 9.95. The van der Waals surface area contributed by atoms with E-state index in [1.807, 2.05) is 34.5 Å². The number of esters is 1. The number of unbranched alkanes of at least 4 members (excludes halogenated alkanes) is 2. The van der Waals surface area contributed by atoms with E-state index in [-0.39, 0.29) is 35.0 Å². The van der Waals surface area contributed by atoms with Crippen molar-refractivity contribution in [2.24, 2.45) is 4.99 Å². The van der Waals surface area contributed by atoms with E-state index in [4.69, 9.17) is 26.4 Å². The summed E-state index contributed by atoms with van der Waals surface area (Å²) in [6.07, 6.45) is 4.80. The van der Waals surface area contributed by atoms with Gasteiger partial charge in [-0.1, -0.05) is 36.2 Å². The number of aryl methyl sites for hydroxylation is 1. The second kappa shape index (κ2) is 17.3. The van der Waals surface area contributed by atoms with Gasteiger partial charge in [-0.15, -0.1) is 11.3 Å². The van der Waals surface area contributed by atoms with Gasteiger partial charge in [-0.05, 0) is 49.1 Å². The molecule has 2 fully saturated rings. The second-order valence-corrected chi connectivity index (χ2v) is 14.4. The summed E-state index contributed by atoms with van der Waals surface area (Å²) in [5, 5.41) is 17.5. The zero-order valence-corrected chi connectivity index (χ0v) is 30.8. The molecular weight excluding hydrogens is 725 g/mol. The van der Waals surface area contributed by atoms with Gasteiger partial charge in [0.15, 0.2) is 10.8 Å². The fourth-order valence-corrected chi connectivity index (χ4v) is 7.68. The van der Waals surface area contributed by atoms with Crippen LogP contribution in [0.5, 0.6) is 0 Å². The fourth-order valence-electron chi connectivity index (χ4n) is 6.82. The Morgan fingerprint density at radius 1 is 1.09 bits per heavy atom. The van der Waals surface area contributed by atoms with Crippen molar-refractivity contribution in [3.63, 3.8) is 0 Å². The van der Waals surface area contributed by atoms with Crippen molar-refractivity contribution in [1.82, 2.24) is 25.4 Å². The van der Waals surface area contributed by atoms with Crippen LogP contribution in [0.1, 0.15) is 54.3 Å². The van der Waals surface area contributed by atoms with Crippen molar-refractivity contribution in [2.45, 2.75) is 50.6 Å². The van der Waals surface area contributed by atoms with E-state index in [9.17, 15) is 23.6 Å². The van der Waals surface area contributed by atoms with Gasteiger partial charge in [0.1, 0.15) is 11.9 Å². The first-order chi connectivity index (χ1) is 25.6. The third-order valence-electron chi connectivity index (χ3n) is 9.52. The normalized spacial score (nSPS) is 18.8. The first kappa shape index (κ1) is 37.9. The highest BCUT2D eigenvalue weighted by Gasteiger charge is 2.42. The number of halogens is 2. The number of amidine groups is 1. The minimum atomic E-state index is -0.866. The van der Waals surface area contributed by atoms with Crippen LogP contribution in [0.25, 0.3) is 0 Å². The molecule has 3 aliphatic heterocycles. The molecule has 53 heavy (non-hydrogen) atoms. The number of ether oxygens (including phenoxy) is 1.